The predicted molar refractivity (Wildman–Crippen MR) is 53.4 cm³/mol. The highest BCUT2D eigenvalue weighted by molar-refractivity contribution is 7.07. The second kappa shape index (κ2) is 4.92. The summed E-state index contributed by atoms with van der Waals surface area (Å²) in [4.78, 5) is 22.3. The predicted octanol–water partition coefficient (Wildman–Crippen LogP) is -0.673. The van der Waals surface area contributed by atoms with E-state index >= 15 is 0 Å². The van der Waals surface area contributed by atoms with Crippen molar-refractivity contribution in [2.24, 2.45) is 0 Å². The van der Waals surface area contributed by atoms with Crippen molar-refractivity contribution in [1.29, 1.82) is 0 Å². The molecule has 5 nitrogen and oxygen atoms in total. The lowest BCUT2D eigenvalue weighted by molar-refractivity contribution is -0.121. The van der Waals surface area contributed by atoms with Crippen molar-refractivity contribution in [2.75, 3.05) is 13.2 Å². The third-order valence-corrected chi connectivity index (χ3v) is 2.59. The van der Waals surface area contributed by atoms with E-state index in [0.717, 1.165) is 17.0 Å². The summed E-state index contributed by atoms with van der Waals surface area (Å²) >= 11 is 1.07. The molecular formula is C8H12N2O3S. The molecule has 0 aliphatic heterocycles. The Hall–Kier alpha value is -1.14. The minimum atomic E-state index is -0.261. The second-order valence-electron chi connectivity index (χ2n) is 2.80. The molecule has 0 saturated heterocycles. The highest BCUT2D eigenvalue weighted by Crippen LogP contribution is 1.98. The quantitative estimate of drug-likeness (QED) is 0.701. The number of hydrogen-bond acceptors (Lipinski definition) is 4. The van der Waals surface area contributed by atoms with E-state index < -0.39 is 0 Å². The van der Waals surface area contributed by atoms with Gasteiger partial charge in [-0.15, -0.1) is 0 Å². The fourth-order valence-corrected chi connectivity index (χ4v) is 1.73. The summed E-state index contributed by atoms with van der Waals surface area (Å²) in [6, 6.07) is 0. The number of aliphatic hydroxyl groups excluding tert-OH is 1. The molecular weight excluding hydrogens is 204 g/mol. The van der Waals surface area contributed by atoms with Crippen LogP contribution in [0.5, 0.6) is 0 Å². The van der Waals surface area contributed by atoms with Crippen LogP contribution in [0.1, 0.15) is 5.69 Å². The Morgan fingerprint density at radius 3 is 2.93 bits per heavy atom. The number of carbonyl (C=O) groups excluding carboxylic acids is 1. The molecule has 0 aliphatic carbocycles. The van der Waals surface area contributed by atoms with E-state index in [9.17, 15) is 9.59 Å². The molecule has 0 saturated carbocycles. The van der Waals surface area contributed by atoms with E-state index in [-0.39, 0.29) is 30.5 Å². The van der Waals surface area contributed by atoms with E-state index in [1.54, 1.807) is 12.3 Å². The molecule has 6 heteroatoms. The minimum absolute atomic E-state index is 0.0220. The zero-order valence-electron chi connectivity index (χ0n) is 7.82. The maximum Gasteiger partial charge on any atom is 0.307 e. The fourth-order valence-electron chi connectivity index (χ4n) is 0.991. The van der Waals surface area contributed by atoms with Gasteiger partial charge >= 0.3 is 4.87 Å². The van der Waals surface area contributed by atoms with Gasteiger partial charge in [0.1, 0.15) is 6.54 Å². The molecule has 1 amide bonds. The third kappa shape index (κ3) is 2.68. The average molecular weight is 216 g/mol. The molecule has 0 radical (unpaired) electrons. The topological polar surface area (TPSA) is 71.3 Å². The number of hydrogen-bond donors (Lipinski definition) is 2. The second-order valence-corrected chi connectivity index (χ2v) is 3.62. The highest BCUT2D eigenvalue weighted by atomic mass is 32.1. The van der Waals surface area contributed by atoms with Crippen LogP contribution in [0.25, 0.3) is 0 Å². The summed E-state index contributed by atoms with van der Waals surface area (Å²) in [5.41, 5.74) is 0.777. The van der Waals surface area contributed by atoms with Gasteiger partial charge in [0.2, 0.25) is 5.91 Å². The summed E-state index contributed by atoms with van der Waals surface area (Å²) in [6.45, 7) is 1.92. The molecule has 0 bridgehead atoms. The maximum atomic E-state index is 11.2. The first kappa shape index (κ1) is 10.9. The van der Waals surface area contributed by atoms with Crippen molar-refractivity contribution in [3.8, 4) is 0 Å². The van der Waals surface area contributed by atoms with Crippen LogP contribution < -0.4 is 10.2 Å². The monoisotopic (exact) mass is 216 g/mol. The van der Waals surface area contributed by atoms with Gasteiger partial charge < -0.3 is 10.4 Å². The molecule has 0 aromatic carbocycles. The van der Waals surface area contributed by atoms with Crippen LogP contribution in [0.2, 0.25) is 0 Å². The van der Waals surface area contributed by atoms with Crippen molar-refractivity contribution in [2.45, 2.75) is 13.5 Å². The first-order valence-electron chi connectivity index (χ1n) is 4.17. The number of aryl methyl sites for hydroxylation is 1. The Bertz CT molecular complexity index is 369. The standard InChI is InChI=1S/C8H12N2O3S/c1-6-5-14-8(13)10(6)4-7(12)9-2-3-11/h5,11H,2-4H2,1H3,(H,9,12). The van der Waals surface area contributed by atoms with Gasteiger partial charge in [-0.05, 0) is 6.92 Å². The molecule has 0 fully saturated rings. The van der Waals surface area contributed by atoms with Gasteiger partial charge in [0.25, 0.3) is 0 Å². The largest absolute Gasteiger partial charge is 0.395 e. The Morgan fingerprint density at radius 1 is 1.71 bits per heavy atom. The summed E-state index contributed by atoms with van der Waals surface area (Å²) in [6.07, 6.45) is 0. The van der Waals surface area contributed by atoms with Gasteiger partial charge in [0.05, 0.1) is 6.61 Å². The lowest BCUT2D eigenvalue weighted by Crippen LogP contribution is -2.32. The molecule has 1 aromatic heterocycles. The van der Waals surface area contributed by atoms with E-state index in [1.807, 2.05) is 0 Å². The van der Waals surface area contributed by atoms with Gasteiger partial charge in [-0.2, -0.15) is 0 Å². The lowest BCUT2D eigenvalue weighted by Gasteiger charge is -2.04. The van der Waals surface area contributed by atoms with Gasteiger partial charge in [0, 0.05) is 17.6 Å². The van der Waals surface area contributed by atoms with Gasteiger partial charge in [-0.3, -0.25) is 14.2 Å². The minimum Gasteiger partial charge on any atom is -0.395 e. The number of carbonyl (C=O) groups is 1. The third-order valence-electron chi connectivity index (χ3n) is 1.71. The smallest absolute Gasteiger partial charge is 0.307 e. The molecule has 0 unspecified atom stereocenters. The van der Waals surface area contributed by atoms with Gasteiger partial charge in [0.15, 0.2) is 0 Å². The molecule has 14 heavy (non-hydrogen) atoms. The molecule has 0 spiro atoms. The summed E-state index contributed by atoms with van der Waals surface area (Å²) in [5.74, 6) is -0.261. The molecule has 1 rings (SSSR count). The van der Waals surface area contributed by atoms with E-state index in [0.29, 0.717) is 0 Å². The van der Waals surface area contributed by atoms with E-state index in [4.69, 9.17) is 5.11 Å². The van der Waals surface area contributed by atoms with Crippen LogP contribution in [-0.4, -0.2) is 28.7 Å². The van der Waals surface area contributed by atoms with E-state index in [1.165, 1.54) is 4.57 Å². The number of nitrogens with zero attached hydrogens (tertiary/aromatic N) is 1. The van der Waals surface area contributed by atoms with Crippen molar-refractivity contribution in [3.63, 3.8) is 0 Å². The normalized spacial score (nSPS) is 10.1. The number of amides is 1. The Balaban J connectivity index is 2.60. The molecule has 1 heterocycles. The number of rotatable bonds is 4. The number of nitrogens with one attached hydrogen (secondary N) is 1. The number of aromatic nitrogens is 1. The van der Waals surface area contributed by atoms with Crippen LogP contribution in [0.3, 0.4) is 0 Å². The fraction of sp³-hybridized carbons (Fsp3) is 0.500. The van der Waals surface area contributed by atoms with Crippen LogP contribution in [0.15, 0.2) is 10.2 Å². The lowest BCUT2D eigenvalue weighted by atomic mass is 10.5. The molecule has 1 aromatic rings. The zero-order valence-corrected chi connectivity index (χ0v) is 8.63. The number of aliphatic hydroxyl groups is 1. The molecule has 0 aliphatic rings. The summed E-state index contributed by atoms with van der Waals surface area (Å²) in [5, 5.41) is 12.7. The summed E-state index contributed by atoms with van der Waals surface area (Å²) < 4.78 is 1.40. The molecule has 2 N–H and O–H groups in total. The highest BCUT2D eigenvalue weighted by Gasteiger charge is 2.06. The van der Waals surface area contributed by atoms with Gasteiger partial charge in [-0.1, -0.05) is 11.3 Å². The first-order chi connectivity index (χ1) is 6.65. The van der Waals surface area contributed by atoms with Crippen LogP contribution in [-0.2, 0) is 11.3 Å². The Kier molecular flexibility index (Phi) is 3.84. The maximum absolute atomic E-state index is 11.2. The van der Waals surface area contributed by atoms with Crippen LogP contribution in [0.4, 0.5) is 0 Å². The first-order valence-corrected chi connectivity index (χ1v) is 5.05. The zero-order chi connectivity index (χ0) is 10.6. The van der Waals surface area contributed by atoms with Crippen molar-refractivity contribution in [3.05, 3.63) is 20.7 Å². The Labute approximate surface area is 85.0 Å². The van der Waals surface area contributed by atoms with Crippen molar-refractivity contribution in [1.82, 2.24) is 9.88 Å². The summed E-state index contributed by atoms with van der Waals surface area (Å²) in [7, 11) is 0. The Morgan fingerprint density at radius 2 is 2.43 bits per heavy atom. The molecule has 0 atom stereocenters. The molecule has 78 valence electrons. The number of thiazole rings is 1. The average Bonchev–Trinajstić information content (AvgIpc) is 2.46. The van der Waals surface area contributed by atoms with Gasteiger partial charge in [-0.25, -0.2) is 0 Å². The SMILES string of the molecule is Cc1csc(=O)n1CC(=O)NCCO. The van der Waals surface area contributed by atoms with Crippen LogP contribution >= 0.6 is 11.3 Å². The van der Waals surface area contributed by atoms with Crippen LogP contribution in [0, 0.1) is 6.92 Å². The van der Waals surface area contributed by atoms with Crippen molar-refractivity contribution < 1.29 is 9.90 Å². The van der Waals surface area contributed by atoms with E-state index in [2.05, 4.69) is 5.32 Å². The van der Waals surface area contributed by atoms with Crippen molar-refractivity contribution >= 4 is 17.2 Å².